The van der Waals surface area contributed by atoms with E-state index in [1.54, 1.807) is 6.07 Å². The minimum atomic E-state index is -1.18. The van der Waals surface area contributed by atoms with Gasteiger partial charge in [0.15, 0.2) is 0 Å². The summed E-state index contributed by atoms with van der Waals surface area (Å²) in [5.74, 6) is -0.932. The summed E-state index contributed by atoms with van der Waals surface area (Å²) in [6, 6.07) is 4.89. The van der Waals surface area contributed by atoms with Crippen molar-refractivity contribution in [3.63, 3.8) is 0 Å². The second kappa shape index (κ2) is 4.44. The van der Waals surface area contributed by atoms with Crippen LogP contribution in [0, 0.1) is 11.3 Å². The maximum atomic E-state index is 11.0. The van der Waals surface area contributed by atoms with Crippen LogP contribution < -0.4 is 10.5 Å². The molecule has 1 aromatic carbocycles. The van der Waals surface area contributed by atoms with Crippen LogP contribution in [-0.2, 0) is 6.54 Å². The Morgan fingerprint density at radius 3 is 2.73 bits per heavy atom. The molecular formula is C10H10N2O3. The number of carboxylic acids is 1. The van der Waals surface area contributed by atoms with Crippen molar-refractivity contribution in [2.75, 3.05) is 7.11 Å². The molecule has 0 bridgehead atoms. The summed E-state index contributed by atoms with van der Waals surface area (Å²) >= 11 is 0. The van der Waals surface area contributed by atoms with Gasteiger partial charge in [0, 0.05) is 6.54 Å². The number of carbonyl (C=O) groups is 1. The Labute approximate surface area is 86.7 Å². The van der Waals surface area contributed by atoms with E-state index in [1.165, 1.54) is 13.2 Å². The molecule has 1 aromatic rings. The van der Waals surface area contributed by atoms with Crippen molar-refractivity contribution in [3.8, 4) is 11.8 Å². The third kappa shape index (κ3) is 1.90. The zero-order valence-corrected chi connectivity index (χ0v) is 8.15. The lowest BCUT2D eigenvalue weighted by atomic mass is 10.0. The fraction of sp³-hybridized carbons (Fsp3) is 0.200. The zero-order valence-electron chi connectivity index (χ0n) is 8.15. The van der Waals surface area contributed by atoms with Gasteiger partial charge >= 0.3 is 5.97 Å². The molecule has 15 heavy (non-hydrogen) atoms. The number of benzene rings is 1. The third-order valence-electron chi connectivity index (χ3n) is 2.02. The van der Waals surface area contributed by atoms with Crippen LogP contribution in [-0.4, -0.2) is 18.2 Å². The van der Waals surface area contributed by atoms with Crippen LogP contribution >= 0.6 is 0 Å². The van der Waals surface area contributed by atoms with Crippen LogP contribution in [0.2, 0.25) is 0 Å². The lowest BCUT2D eigenvalue weighted by Gasteiger charge is -2.09. The molecule has 5 heteroatoms. The molecule has 0 atom stereocenters. The monoisotopic (exact) mass is 206 g/mol. The zero-order chi connectivity index (χ0) is 11.4. The largest absolute Gasteiger partial charge is 0.495 e. The van der Waals surface area contributed by atoms with Crippen LogP contribution in [0.3, 0.4) is 0 Å². The van der Waals surface area contributed by atoms with Crippen molar-refractivity contribution in [1.82, 2.24) is 0 Å². The molecule has 0 radical (unpaired) electrons. The number of hydrogen-bond donors (Lipinski definition) is 2. The predicted octanol–water partition coefficient (Wildman–Crippen LogP) is 0.724. The molecule has 1 rings (SSSR count). The Bertz CT molecular complexity index is 435. The summed E-state index contributed by atoms with van der Waals surface area (Å²) in [7, 11) is 1.38. The quantitative estimate of drug-likeness (QED) is 0.759. The summed E-state index contributed by atoms with van der Waals surface area (Å²) in [6.07, 6.45) is 0. The van der Waals surface area contributed by atoms with Crippen molar-refractivity contribution in [2.45, 2.75) is 6.54 Å². The predicted molar refractivity (Wildman–Crippen MR) is 52.6 cm³/mol. The van der Waals surface area contributed by atoms with Gasteiger partial charge in [-0.15, -0.1) is 0 Å². The molecule has 0 saturated carbocycles. The molecule has 0 unspecified atom stereocenters. The van der Waals surface area contributed by atoms with Crippen LogP contribution in [0.1, 0.15) is 21.5 Å². The van der Waals surface area contributed by atoms with E-state index in [9.17, 15) is 4.79 Å². The molecular weight excluding hydrogens is 196 g/mol. The van der Waals surface area contributed by atoms with E-state index in [1.807, 2.05) is 6.07 Å². The highest BCUT2D eigenvalue weighted by Crippen LogP contribution is 2.24. The van der Waals surface area contributed by atoms with Gasteiger partial charge in [0.1, 0.15) is 17.4 Å². The molecule has 0 aliphatic carbocycles. The van der Waals surface area contributed by atoms with E-state index in [4.69, 9.17) is 20.8 Å². The number of aromatic carboxylic acids is 1. The second-order valence-electron chi connectivity index (χ2n) is 2.80. The van der Waals surface area contributed by atoms with Crippen LogP contribution in [0.5, 0.6) is 5.75 Å². The Morgan fingerprint density at radius 2 is 2.33 bits per heavy atom. The van der Waals surface area contributed by atoms with Gasteiger partial charge in [0.25, 0.3) is 0 Å². The molecule has 0 aromatic heterocycles. The maximum Gasteiger partial charge on any atom is 0.337 e. The lowest BCUT2D eigenvalue weighted by Crippen LogP contribution is -2.10. The number of ether oxygens (including phenoxy) is 1. The smallest absolute Gasteiger partial charge is 0.337 e. The molecule has 0 aliphatic rings. The highest BCUT2D eigenvalue weighted by Gasteiger charge is 2.18. The summed E-state index contributed by atoms with van der Waals surface area (Å²) in [6.45, 7) is 0.0697. The average molecular weight is 206 g/mol. The van der Waals surface area contributed by atoms with Crippen LogP contribution in [0.25, 0.3) is 0 Å². The number of nitrogens with zero attached hydrogens (tertiary/aromatic N) is 1. The SMILES string of the molecule is COc1ccc(CN)c(C(=O)O)c1C#N. The Balaban J connectivity index is 3.53. The molecule has 0 saturated heterocycles. The van der Waals surface area contributed by atoms with E-state index in [2.05, 4.69) is 0 Å². The summed E-state index contributed by atoms with van der Waals surface area (Å²) in [5.41, 5.74) is 5.73. The molecule has 0 heterocycles. The Morgan fingerprint density at radius 1 is 1.67 bits per heavy atom. The molecule has 78 valence electrons. The number of carboxylic acid groups (broad SMARTS) is 1. The summed E-state index contributed by atoms with van der Waals surface area (Å²) in [4.78, 5) is 11.0. The summed E-state index contributed by atoms with van der Waals surface area (Å²) < 4.78 is 4.90. The van der Waals surface area contributed by atoms with Crippen molar-refractivity contribution in [2.24, 2.45) is 5.73 Å². The van der Waals surface area contributed by atoms with Gasteiger partial charge in [-0.1, -0.05) is 6.07 Å². The fourth-order valence-corrected chi connectivity index (χ4v) is 1.32. The van der Waals surface area contributed by atoms with E-state index in [-0.39, 0.29) is 23.4 Å². The average Bonchev–Trinajstić information content (AvgIpc) is 2.26. The van der Waals surface area contributed by atoms with Crippen LogP contribution in [0.15, 0.2) is 12.1 Å². The fourth-order valence-electron chi connectivity index (χ4n) is 1.32. The molecule has 0 spiro atoms. The van der Waals surface area contributed by atoms with Crippen molar-refractivity contribution < 1.29 is 14.6 Å². The Hall–Kier alpha value is -2.06. The minimum absolute atomic E-state index is 0.00736. The molecule has 3 N–H and O–H groups in total. The number of nitrogens with two attached hydrogens (primary N) is 1. The number of methoxy groups -OCH3 is 1. The maximum absolute atomic E-state index is 11.0. The second-order valence-corrected chi connectivity index (χ2v) is 2.80. The van der Waals surface area contributed by atoms with Gasteiger partial charge in [0.05, 0.1) is 12.7 Å². The lowest BCUT2D eigenvalue weighted by molar-refractivity contribution is 0.0695. The first-order chi connectivity index (χ1) is 7.15. The van der Waals surface area contributed by atoms with Crippen LogP contribution in [0.4, 0.5) is 0 Å². The van der Waals surface area contributed by atoms with E-state index < -0.39 is 5.97 Å². The molecule has 0 aliphatic heterocycles. The number of hydrogen-bond acceptors (Lipinski definition) is 4. The van der Waals surface area contributed by atoms with Gasteiger partial charge in [-0.2, -0.15) is 5.26 Å². The highest BCUT2D eigenvalue weighted by atomic mass is 16.5. The van der Waals surface area contributed by atoms with E-state index >= 15 is 0 Å². The molecule has 5 nitrogen and oxygen atoms in total. The first-order valence-corrected chi connectivity index (χ1v) is 4.19. The number of rotatable bonds is 3. The van der Waals surface area contributed by atoms with Gasteiger partial charge in [0.2, 0.25) is 0 Å². The van der Waals surface area contributed by atoms with E-state index in [0.29, 0.717) is 5.56 Å². The normalized spacial score (nSPS) is 9.40. The van der Waals surface area contributed by atoms with Gasteiger partial charge in [-0.25, -0.2) is 4.79 Å². The standard InChI is InChI=1S/C10H10N2O3/c1-15-8-3-2-6(4-11)9(10(13)14)7(8)5-12/h2-3H,4,11H2,1H3,(H,13,14). The molecule has 0 amide bonds. The van der Waals surface area contributed by atoms with Crippen molar-refractivity contribution in [1.29, 1.82) is 5.26 Å². The summed E-state index contributed by atoms with van der Waals surface area (Å²) in [5, 5.41) is 17.8. The number of nitriles is 1. The van der Waals surface area contributed by atoms with Crippen molar-refractivity contribution >= 4 is 5.97 Å². The van der Waals surface area contributed by atoms with Gasteiger partial charge in [-0.05, 0) is 11.6 Å². The highest BCUT2D eigenvalue weighted by molar-refractivity contribution is 5.93. The van der Waals surface area contributed by atoms with E-state index in [0.717, 1.165) is 0 Å². The first kappa shape index (κ1) is 11.0. The topological polar surface area (TPSA) is 96.3 Å². The van der Waals surface area contributed by atoms with Crippen molar-refractivity contribution in [3.05, 3.63) is 28.8 Å². The molecule has 0 fully saturated rings. The Kier molecular flexibility index (Phi) is 3.26. The third-order valence-corrected chi connectivity index (χ3v) is 2.02. The first-order valence-electron chi connectivity index (χ1n) is 4.19. The van der Waals surface area contributed by atoms with Gasteiger partial charge in [-0.3, -0.25) is 0 Å². The minimum Gasteiger partial charge on any atom is -0.495 e. The van der Waals surface area contributed by atoms with Gasteiger partial charge < -0.3 is 15.6 Å².